The highest BCUT2D eigenvalue weighted by Gasteiger charge is 2.57. The maximum Gasteiger partial charge on any atom is 0.247 e. The Labute approximate surface area is 277 Å². The number of nitrogens with two attached hydrogens (primary N) is 1. The molecule has 6 rings (SSSR count). The van der Waals surface area contributed by atoms with Crippen LogP contribution in [0, 0.1) is 23.0 Å². The minimum Gasteiger partial charge on any atom is -0.493 e. The average molecular weight is 676 g/mol. The molecule has 0 atom stereocenters. The van der Waals surface area contributed by atoms with Crippen molar-refractivity contribution in [2.24, 2.45) is 17.1 Å². The number of amides is 2. The third-order valence-corrected chi connectivity index (χ3v) is 8.23. The van der Waals surface area contributed by atoms with Crippen molar-refractivity contribution < 1.29 is 32.6 Å². The van der Waals surface area contributed by atoms with E-state index in [1.165, 1.54) is 41.3 Å². The SMILES string of the molecule is COc1cc2c(Oc3ccc(N(C(=O)C4(C(N)=O)CC4)c4ccc(F)cc4)cc3F)ccnc2cc1OCC1CCNCC1.Cl.Cl. The molecular formula is C33H34Cl2F2N4O5. The van der Waals surface area contributed by atoms with E-state index in [0.717, 1.165) is 32.0 Å². The second kappa shape index (κ2) is 14.5. The minimum atomic E-state index is -1.38. The number of hydrogen-bond acceptors (Lipinski definition) is 7. The lowest BCUT2D eigenvalue weighted by atomic mass is 9.99. The van der Waals surface area contributed by atoms with E-state index < -0.39 is 28.9 Å². The van der Waals surface area contributed by atoms with E-state index >= 15 is 4.39 Å². The summed E-state index contributed by atoms with van der Waals surface area (Å²) in [5, 5.41) is 3.93. The molecule has 3 aromatic carbocycles. The lowest BCUT2D eigenvalue weighted by molar-refractivity contribution is -0.133. The molecule has 0 spiro atoms. The largest absolute Gasteiger partial charge is 0.493 e. The quantitative estimate of drug-likeness (QED) is 0.185. The fourth-order valence-corrected chi connectivity index (χ4v) is 5.45. The van der Waals surface area contributed by atoms with E-state index in [1.807, 2.05) is 0 Å². The molecule has 9 nitrogen and oxygen atoms in total. The van der Waals surface area contributed by atoms with Gasteiger partial charge in [0.05, 0.1) is 24.9 Å². The summed E-state index contributed by atoms with van der Waals surface area (Å²) in [7, 11) is 1.55. The molecule has 1 saturated heterocycles. The normalized spacial score (nSPS) is 15.2. The summed E-state index contributed by atoms with van der Waals surface area (Å²) in [4.78, 5) is 31.3. The predicted octanol–water partition coefficient (Wildman–Crippen LogP) is 6.47. The first kappa shape index (κ1) is 34.7. The fraction of sp³-hybridized carbons (Fsp3) is 0.303. The number of fused-ring (bicyclic) bond motifs is 1. The van der Waals surface area contributed by atoms with Gasteiger partial charge in [0.1, 0.15) is 17.0 Å². The third kappa shape index (κ3) is 6.96. The van der Waals surface area contributed by atoms with Gasteiger partial charge in [0.25, 0.3) is 0 Å². The second-order valence-electron chi connectivity index (χ2n) is 11.1. The van der Waals surface area contributed by atoms with E-state index in [4.69, 9.17) is 19.9 Å². The molecule has 1 aromatic heterocycles. The molecule has 0 unspecified atom stereocenters. The smallest absolute Gasteiger partial charge is 0.247 e. The monoisotopic (exact) mass is 674 g/mol. The zero-order chi connectivity index (χ0) is 30.8. The van der Waals surface area contributed by atoms with Crippen LogP contribution < -0.4 is 30.2 Å². The summed E-state index contributed by atoms with van der Waals surface area (Å²) in [6.07, 6.45) is 4.20. The van der Waals surface area contributed by atoms with Gasteiger partial charge in [-0.3, -0.25) is 19.5 Å². The number of pyridine rings is 1. The molecular weight excluding hydrogens is 641 g/mol. The highest BCUT2D eigenvalue weighted by atomic mass is 35.5. The van der Waals surface area contributed by atoms with Crippen LogP contribution in [0.1, 0.15) is 25.7 Å². The number of nitrogens with zero attached hydrogens (tertiary/aromatic N) is 2. The number of aromatic nitrogens is 1. The Morgan fingerprint density at radius 1 is 0.935 bits per heavy atom. The first-order valence-electron chi connectivity index (χ1n) is 14.5. The maximum absolute atomic E-state index is 15.6. The number of benzene rings is 3. The fourth-order valence-electron chi connectivity index (χ4n) is 5.45. The number of primary amides is 1. The molecule has 3 N–H and O–H groups in total. The van der Waals surface area contributed by atoms with Crippen molar-refractivity contribution in [3.8, 4) is 23.0 Å². The Morgan fingerprint density at radius 2 is 1.63 bits per heavy atom. The zero-order valence-corrected chi connectivity index (χ0v) is 26.6. The van der Waals surface area contributed by atoms with Gasteiger partial charge < -0.3 is 25.3 Å². The number of nitrogens with one attached hydrogen (secondary N) is 1. The molecule has 46 heavy (non-hydrogen) atoms. The highest BCUT2D eigenvalue weighted by molar-refractivity contribution is 6.16. The number of methoxy groups -OCH3 is 1. The maximum atomic E-state index is 15.6. The van der Waals surface area contributed by atoms with Gasteiger partial charge in [-0.1, -0.05) is 0 Å². The van der Waals surface area contributed by atoms with Crippen molar-refractivity contribution in [1.29, 1.82) is 0 Å². The zero-order valence-electron chi connectivity index (χ0n) is 25.0. The molecule has 0 radical (unpaired) electrons. The summed E-state index contributed by atoms with van der Waals surface area (Å²) in [5.74, 6) is -0.879. The van der Waals surface area contributed by atoms with Gasteiger partial charge in [-0.05, 0) is 93.2 Å². The summed E-state index contributed by atoms with van der Waals surface area (Å²) >= 11 is 0. The van der Waals surface area contributed by atoms with Gasteiger partial charge >= 0.3 is 0 Å². The molecule has 2 heterocycles. The van der Waals surface area contributed by atoms with E-state index in [-0.39, 0.29) is 54.8 Å². The Kier molecular flexibility index (Phi) is 10.9. The summed E-state index contributed by atoms with van der Waals surface area (Å²) in [6.45, 7) is 2.50. The van der Waals surface area contributed by atoms with Crippen LogP contribution in [0.4, 0.5) is 20.2 Å². The van der Waals surface area contributed by atoms with Gasteiger partial charge in [-0.15, -0.1) is 24.8 Å². The molecule has 4 aromatic rings. The molecule has 1 aliphatic heterocycles. The Hall–Kier alpha value is -4.19. The van der Waals surface area contributed by atoms with Crippen molar-refractivity contribution in [3.05, 3.63) is 78.5 Å². The van der Waals surface area contributed by atoms with Crippen LogP contribution >= 0.6 is 24.8 Å². The molecule has 1 aliphatic carbocycles. The van der Waals surface area contributed by atoms with E-state index in [1.54, 1.807) is 31.5 Å². The first-order chi connectivity index (χ1) is 21.3. The van der Waals surface area contributed by atoms with Crippen LogP contribution in [0.5, 0.6) is 23.0 Å². The summed E-state index contributed by atoms with van der Waals surface area (Å²) in [5.41, 5.74) is 5.15. The van der Waals surface area contributed by atoms with Gasteiger partial charge in [0.15, 0.2) is 23.1 Å². The Bertz CT molecular complexity index is 1720. The third-order valence-electron chi connectivity index (χ3n) is 8.23. The second-order valence-corrected chi connectivity index (χ2v) is 11.1. The number of halogens is 4. The van der Waals surface area contributed by atoms with Crippen molar-refractivity contribution in [3.63, 3.8) is 0 Å². The van der Waals surface area contributed by atoms with Crippen LogP contribution in [0.2, 0.25) is 0 Å². The molecule has 2 amide bonds. The average Bonchev–Trinajstić information content (AvgIpc) is 3.85. The van der Waals surface area contributed by atoms with E-state index in [0.29, 0.717) is 40.7 Å². The molecule has 2 fully saturated rings. The van der Waals surface area contributed by atoms with Crippen LogP contribution in [0.3, 0.4) is 0 Å². The van der Waals surface area contributed by atoms with E-state index in [9.17, 15) is 14.0 Å². The van der Waals surface area contributed by atoms with Gasteiger partial charge in [-0.2, -0.15) is 0 Å². The minimum absolute atomic E-state index is 0. The van der Waals surface area contributed by atoms with Gasteiger partial charge in [0, 0.05) is 29.4 Å². The summed E-state index contributed by atoms with van der Waals surface area (Å²) < 4.78 is 47.0. The van der Waals surface area contributed by atoms with E-state index in [2.05, 4.69) is 10.3 Å². The number of anilines is 2. The molecule has 13 heteroatoms. The number of carbonyl (C=O) groups excluding carboxylic acids is 2. The lowest BCUT2D eigenvalue weighted by Crippen LogP contribution is -2.41. The highest BCUT2D eigenvalue weighted by Crippen LogP contribution is 2.49. The standard InChI is InChI=1S/C33H32F2N4O5.2ClH/c1-42-29-17-24-26(18-30(29)43-19-20-8-13-37-14-9-20)38-15-10-27(24)44-28-7-6-23(16-25(28)35)39(22-4-2-21(34)3-5-22)32(41)33(11-12-33)31(36)40;;/h2-7,10,15-18,20,37H,8-9,11-14,19H2,1H3,(H2,36,40);2*1H. The number of carbonyl (C=O) groups is 2. The van der Waals surface area contributed by atoms with Gasteiger partial charge in [0.2, 0.25) is 11.8 Å². The number of rotatable bonds is 10. The van der Waals surface area contributed by atoms with Crippen molar-refractivity contribution in [2.45, 2.75) is 25.7 Å². The number of hydrogen-bond donors (Lipinski definition) is 2. The lowest BCUT2D eigenvalue weighted by Gasteiger charge is -2.26. The topological polar surface area (TPSA) is 116 Å². The predicted molar refractivity (Wildman–Crippen MR) is 175 cm³/mol. The first-order valence-corrected chi connectivity index (χ1v) is 14.5. The van der Waals surface area contributed by atoms with Gasteiger partial charge in [-0.25, -0.2) is 8.78 Å². The van der Waals surface area contributed by atoms with Crippen LogP contribution in [0.15, 0.2) is 66.9 Å². The van der Waals surface area contributed by atoms with Crippen molar-refractivity contribution in [1.82, 2.24) is 10.3 Å². The summed E-state index contributed by atoms with van der Waals surface area (Å²) in [6, 6.07) is 14.3. The van der Waals surface area contributed by atoms with Crippen molar-refractivity contribution >= 4 is 58.9 Å². The molecule has 0 bridgehead atoms. The number of piperidine rings is 1. The van der Waals surface area contributed by atoms with Crippen LogP contribution in [-0.4, -0.2) is 43.6 Å². The number of ether oxygens (including phenoxy) is 3. The van der Waals surface area contributed by atoms with Crippen LogP contribution in [0.25, 0.3) is 10.9 Å². The Balaban J connectivity index is 0.00000240. The molecule has 1 saturated carbocycles. The molecule has 2 aliphatic rings. The molecule has 244 valence electrons. The van der Waals surface area contributed by atoms with Crippen molar-refractivity contribution in [2.75, 3.05) is 31.7 Å². The van der Waals surface area contributed by atoms with Crippen LogP contribution in [-0.2, 0) is 9.59 Å². The Morgan fingerprint density at radius 3 is 2.26 bits per heavy atom.